The molecular formula is C41H47N3O4. The summed E-state index contributed by atoms with van der Waals surface area (Å²) in [6, 6.07) is 26.4. The van der Waals surface area contributed by atoms with Crippen molar-refractivity contribution in [3.63, 3.8) is 0 Å². The number of aromatic amines is 1. The van der Waals surface area contributed by atoms with E-state index in [4.69, 9.17) is 9.47 Å². The Balaban J connectivity index is 1.45. The lowest BCUT2D eigenvalue weighted by molar-refractivity contribution is -0.148. The molecule has 0 bridgehead atoms. The lowest BCUT2D eigenvalue weighted by Crippen LogP contribution is -2.34. The first-order valence-corrected chi connectivity index (χ1v) is 16.9. The molecule has 7 heteroatoms. The molecular weight excluding hydrogens is 598 g/mol. The number of hydrogen-bond acceptors (Lipinski definition) is 5. The van der Waals surface area contributed by atoms with Gasteiger partial charge in [-0.2, -0.15) is 0 Å². The number of amides is 1. The number of pyridine rings is 1. The van der Waals surface area contributed by atoms with Gasteiger partial charge in [-0.1, -0.05) is 66.2 Å². The Hall–Kier alpha value is -4.91. The van der Waals surface area contributed by atoms with Crippen molar-refractivity contribution < 1.29 is 19.1 Å². The number of H-pyrrole nitrogens is 1. The third-order valence-corrected chi connectivity index (χ3v) is 9.03. The highest BCUT2D eigenvalue weighted by Gasteiger charge is 2.32. The minimum Gasteiger partial charge on any atom is -0.465 e. The number of nitrogens with zero attached hydrogens (tertiary/aromatic N) is 2. The number of unbranched alkanes of at least 4 members (excludes halogenated alkanes) is 1. The fourth-order valence-corrected chi connectivity index (χ4v) is 6.18. The van der Waals surface area contributed by atoms with Crippen LogP contribution in [-0.2, 0) is 39.1 Å². The van der Waals surface area contributed by atoms with Gasteiger partial charge in [0.25, 0.3) is 0 Å². The zero-order chi connectivity index (χ0) is 34.1. The Morgan fingerprint density at radius 3 is 2.38 bits per heavy atom. The predicted octanol–water partition coefficient (Wildman–Crippen LogP) is 8.89. The standard InChI is InChI=1S/C41H47N3O4/c1-6-47-39(45)41(4,5)33-18-20-37-36(26-33)35(38(43-37)34-19-17-29(2)25-30(34)3)21-24-44(23-11-10-13-31-16-12-22-42-27-31)40(46)48-28-32-14-8-7-9-15-32/h7-9,12,14-20,22,25-27,43H,6,10-11,13,21,23-24,28H2,1-5H3. The summed E-state index contributed by atoms with van der Waals surface area (Å²) in [5.74, 6) is -0.255. The number of hydrogen-bond donors (Lipinski definition) is 1. The molecule has 0 aliphatic rings. The van der Waals surface area contributed by atoms with Crippen molar-refractivity contribution in [1.29, 1.82) is 0 Å². The molecule has 0 saturated carbocycles. The van der Waals surface area contributed by atoms with E-state index in [2.05, 4.69) is 54.1 Å². The number of aromatic nitrogens is 2. The number of rotatable bonds is 14. The minimum atomic E-state index is -0.819. The van der Waals surface area contributed by atoms with Crippen LogP contribution in [0.2, 0.25) is 0 Å². The van der Waals surface area contributed by atoms with Gasteiger partial charge in [0.2, 0.25) is 0 Å². The van der Waals surface area contributed by atoms with Crippen molar-refractivity contribution in [3.05, 3.63) is 125 Å². The van der Waals surface area contributed by atoms with Gasteiger partial charge >= 0.3 is 12.1 Å². The molecule has 7 nitrogen and oxygen atoms in total. The molecule has 0 radical (unpaired) electrons. The minimum absolute atomic E-state index is 0.221. The summed E-state index contributed by atoms with van der Waals surface area (Å²) in [5, 5.41) is 1.04. The van der Waals surface area contributed by atoms with Crippen LogP contribution in [0.4, 0.5) is 4.79 Å². The van der Waals surface area contributed by atoms with E-state index in [1.165, 1.54) is 16.7 Å². The molecule has 1 N–H and O–H groups in total. The zero-order valence-electron chi connectivity index (χ0n) is 28.8. The third-order valence-electron chi connectivity index (χ3n) is 9.03. The molecule has 0 fully saturated rings. The molecule has 5 aromatic rings. The monoisotopic (exact) mass is 645 g/mol. The van der Waals surface area contributed by atoms with Crippen LogP contribution >= 0.6 is 0 Å². The van der Waals surface area contributed by atoms with E-state index in [9.17, 15) is 9.59 Å². The Labute approximate surface area is 284 Å². The Bertz CT molecular complexity index is 1830. The van der Waals surface area contributed by atoms with Crippen molar-refractivity contribution in [1.82, 2.24) is 14.9 Å². The number of esters is 1. The number of carbonyl (C=O) groups is 2. The summed E-state index contributed by atoms with van der Waals surface area (Å²) in [6.07, 6.45) is 6.64. The molecule has 2 heterocycles. The van der Waals surface area contributed by atoms with Gasteiger partial charge in [-0.25, -0.2) is 4.79 Å². The number of fused-ring (bicyclic) bond motifs is 1. The molecule has 0 unspecified atom stereocenters. The van der Waals surface area contributed by atoms with E-state index < -0.39 is 5.41 Å². The van der Waals surface area contributed by atoms with Crippen LogP contribution in [0.25, 0.3) is 22.2 Å². The fourth-order valence-electron chi connectivity index (χ4n) is 6.18. The number of ether oxygens (including phenoxy) is 2. The number of carbonyl (C=O) groups excluding carboxylic acids is 2. The van der Waals surface area contributed by atoms with E-state index in [1.807, 2.05) is 80.4 Å². The number of nitrogens with one attached hydrogen (secondary N) is 1. The third kappa shape index (κ3) is 8.32. The summed E-state index contributed by atoms with van der Waals surface area (Å²) in [5.41, 5.74) is 8.82. The lowest BCUT2D eigenvalue weighted by Gasteiger charge is -2.24. The molecule has 0 spiro atoms. The summed E-state index contributed by atoms with van der Waals surface area (Å²) >= 11 is 0. The quantitative estimate of drug-likeness (QED) is 0.0963. The molecule has 0 aliphatic heterocycles. The van der Waals surface area contributed by atoms with Gasteiger partial charge in [-0.3, -0.25) is 9.78 Å². The van der Waals surface area contributed by atoms with Gasteiger partial charge in [-0.05, 0) is 106 Å². The second-order valence-corrected chi connectivity index (χ2v) is 13.0. The first kappa shape index (κ1) is 34.4. The highest BCUT2D eigenvalue weighted by molar-refractivity contribution is 5.93. The Morgan fingerprint density at radius 1 is 0.854 bits per heavy atom. The largest absolute Gasteiger partial charge is 0.465 e. The van der Waals surface area contributed by atoms with E-state index >= 15 is 0 Å². The molecule has 48 heavy (non-hydrogen) atoms. The highest BCUT2D eigenvalue weighted by atomic mass is 16.6. The van der Waals surface area contributed by atoms with Gasteiger partial charge < -0.3 is 19.4 Å². The van der Waals surface area contributed by atoms with Crippen LogP contribution in [0, 0.1) is 13.8 Å². The molecule has 0 saturated heterocycles. The normalized spacial score (nSPS) is 11.4. The van der Waals surface area contributed by atoms with Crippen LogP contribution in [0.3, 0.4) is 0 Å². The second kappa shape index (κ2) is 15.8. The SMILES string of the molecule is CCOC(=O)C(C)(C)c1ccc2[nH]c(-c3ccc(C)cc3C)c(CCN(CCCCc3cccnc3)C(=O)OCc3ccccc3)c2c1. The van der Waals surface area contributed by atoms with Crippen molar-refractivity contribution in [3.8, 4) is 11.3 Å². The Morgan fingerprint density at radius 2 is 1.65 bits per heavy atom. The lowest BCUT2D eigenvalue weighted by atomic mass is 9.83. The van der Waals surface area contributed by atoms with Crippen molar-refractivity contribution >= 4 is 23.0 Å². The van der Waals surface area contributed by atoms with E-state index in [-0.39, 0.29) is 18.7 Å². The van der Waals surface area contributed by atoms with Crippen molar-refractivity contribution in [2.45, 2.75) is 72.3 Å². The zero-order valence-corrected chi connectivity index (χ0v) is 28.8. The van der Waals surface area contributed by atoms with Crippen LogP contribution in [-0.4, -0.2) is 46.6 Å². The number of benzene rings is 3. The Kier molecular flexibility index (Phi) is 11.3. The maximum atomic E-state index is 13.6. The maximum absolute atomic E-state index is 13.6. The van der Waals surface area contributed by atoms with Gasteiger partial charge in [0.1, 0.15) is 6.61 Å². The molecule has 0 atom stereocenters. The van der Waals surface area contributed by atoms with Gasteiger partial charge in [0.15, 0.2) is 0 Å². The maximum Gasteiger partial charge on any atom is 0.410 e. The van der Waals surface area contributed by atoms with Gasteiger partial charge in [-0.15, -0.1) is 0 Å². The highest BCUT2D eigenvalue weighted by Crippen LogP contribution is 2.36. The summed E-state index contributed by atoms with van der Waals surface area (Å²) in [7, 11) is 0. The average Bonchev–Trinajstić information content (AvgIpc) is 3.45. The summed E-state index contributed by atoms with van der Waals surface area (Å²) in [4.78, 5) is 36.3. The molecule has 1 amide bonds. The number of aryl methyl sites for hydroxylation is 3. The average molecular weight is 646 g/mol. The molecule has 0 aliphatic carbocycles. The molecule has 3 aromatic carbocycles. The topological polar surface area (TPSA) is 84.5 Å². The van der Waals surface area contributed by atoms with E-state index in [0.29, 0.717) is 26.1 Å². The van der Waals surface area contributed by atoms with Crippen LogP contribution in [0.15, 0.2) is 91.3 Å². The van der Waals surface area contributed by atoms with Crippen LogP contribution in [0.1, 0.15) is 67.0 Å². The van der Waals surface area contributed by atoms with E-state index in [1.54, 1.807) is 6.20 Å². The van der Waals surface area contributed by atoms with Gasteiger partial charge in [0, 0.05) is 41.9 Å². The fraction of sp³-hybridized carbons (Fsp3) is 0.341. The smallest absolute Gasteiger partial charge is 0.410 e. The second-order valence-electron chi connectivity index (χ2n) is 13.0. The van der Waals surface area contributed by atoms with Crippen molar-refractivity contribution in [2.24, 2.45) is 0 Å². The molecule has 250 valence electrons. The first-order valence-electron chi connectivity index (χ1n) is 16.9. The predicted molar refractivity (Wildman–Crippen MR) is 192 cm³/mol. The van der Waals surface area contributed by atoms with Crippen LogP contribution < -0.4 is 0 Å². The van der Waals surface area contributed by atoms with Crippen LogP contribution in [0.5, 0.6) is 0 Å². The summed E-state index contributed by atoms with van der Waals surface area (Å²) in [6.45, 7) is 11.5. The molecule has 2 aromatic heterocycles. The van der Waals surface area contributed by atoms with E-state index in [0.717, 1.165) is 58.1 Å². The van der Waals surface area contributed by atoms with Gasteiger partial charge in [0.05, 0.1) is 17.7 Å². The first-order chi connectivity index (χ1) is 23.2. The molecule has 5 rings (SSSR count). The van der Waals surface area contributed by atoms with Crippen molar-refractivity contribution in [2.75, 3.05) is 19.7 Å². The summed E-state index contributed by atoms with van der Waals surface area (Å²) < 4.78 is 11.3.